The molecule has 1 aromatic carbocycles. The molecule has 2 atom stereocenters. The van der Waals surface area contributed by atoms with Crippen molar-refractivity contribution in [2.75, 3.05) is 23.8 Å². The van der Waals surface area contributed by atoms with Crippen LogP contribution >= 0.6 is 0 Å². The minimum Gasteiger partial charge on any atom is -0.394 e. The number of aromatic nitrogens is 5. The number of nitrogens with zero attached hydrogens (tertiary/aromatic N) is 5. The van der Waals surface area contributed by atoms with Gasteiger partial charge in [-0.2, -0.15) is 10.1 Å². The second-order valence-electron chi connectivity index (χ2n) is 9.41. The molecule has 10 heteroatoms. The summed E-state index contributed by atoms with van der Waals surface area (Å²) in [6.07, 6.45) is 5.98. The van der Waals surface area contributed by atoms with Crippen LogP contribution in [0.3, 0.4) is 0 Å². The Morgan fingerprint density at radius 1 is 1.08 bits per heavy atom. The highest BCUT2D eigenvalue weighted by Gasteiger charge is 2.20. The standard InChI is InChI=1S/C27H34N8O2/c1-5-18(4)12-29-26(37)21-15-30-27(34-25(21)32-22(16-36)19-9-7-6-8-10-19)33-24-11-23-20(13-28-24)14-31-35(23)17(2)3/h6-11,13-15,17-18,22,36H,5,12,16H2,1-4H3,(H,29,37)(H2,28,30,32,33,34). The first kappa shape index (κ1) is 26.0. The van der Waals surface area contributed by atoms with E-state index in [1.807, 2.05) is 41.1 Å². The fraction of sp³-hybridized carbons (Fsp3) is 0.370. The zero-order chi connectivity index (χ0) is 26.4. The number of rotatable bonds is 11. The maximum atomic E-state index is 13.0. The van der Waals surface area contributed by atoms with Crippen molar-refractivity contribution >= 4 is 34.4 Å². The Balaban J connectivity index is 1.65. The van der Waals surface area contributed by atoms with Gasteiger partial charge in [0.2, 0.25) is 5.95 Å². The second-order valence-corrected chi connectivity index (χ2v) is 9.41. The molecule has 0 spiro atoms. The Kier molecular flexibility index (Phi) is 8.29. The lowest BCUT2D eigenvalue weighted by Gasteiger charge is -2.20. The first-order chi connectivity index (χ1) is 17.9. The van der Waals surface area contributed by atoms with Gasteiger partial charge in [-0.15, -0.1) is 0 Å². The van der Waals surface area contributed by atoms with E-state index in [2.05, 4.69) is 63.7 Å². The number of aliphatic hydroxyl groups is 1. The largest absolute Gasteiger partial charge is 0.394 e. The summed E-state index contributed by atoms with van der Waals surface area (Å²) in [5.74, 6) is 1.21. The Bertz CT molecular complexity index is 1340. The molecule has 10 nitrogen and oxygen atoms in total. The number of carbonyl (C=O) groups excluding carboxylic acids is 1. The number of hydrogen-bond donors (Lipinski definition) is 4. The smallest absolute Gasteiger partial charge is 0.256 e. The second kappa shape index (κ2) is 11.8. The van der Waals surface area contributed by atoms with Crippen LogP contribution in [0.1, 0.15) is 62.1 Å². The van der Waals surface area contributed by atoms with Gasteiger partial charge in [0.25, 0.3) is 5.91 Å². The summed E-state index contributed by atoms with van der Waals surface area (Å²) in [6.45, 7) is 8.66. The maximum Gasteiger partial charge on any atom is 0.256 e. The van der Waals surface area contributed by atoms with Crippen LogP contribution < -0.4 is 16.0 Å². The highest BCUT2D eigenvalue weighted by Crippen LogP contribution is 2.24. The third-order valence-corrected chi connectivity index (χ3v) is 6.25. The van der Waals surface area contributed by atoms with Crippen molar-refractivity contribution in [2.45, 2.75) is 46.2 Å². The van der Waals surface area contributed by atoms with Gasteiger partial charge < -0.3 is 21.1 Å². The molecule has 4 rings (SSSR count). The highest BCUT2D eigenvalue weighted by atomic mass is 16.3. The van der Waals surface area contributed by atoms with Gasteiger partial charge in [0, 0.05) is 36.4 Å². The Hall–Kier alpha value is -4.05. The summed E-state index contributed by atoms with van der Waals surface area (Å²) in [6, 6.07) is 11.2. The lowest BCUT2D eigenvalue weighted by Crippen LogP contribution is -2.30. The molecule has 3 heterocycles. The van der Waals surface area contributed by atoms with E-state index in [1.54, 1.807) is 12.4 Å². The zero-order valence-electron chi connectivity index (χ0n) is 21.6. The molecule has 0 aliphatic carbocycles. The van der Waals surface area contributed by atoms with Crippen molar-refractivity contribution in [2.24, 2.45) is 5.92 Å². The van der Waals surface area contributed by atoms with Crippen molar-refractivity contribution in [1.82, 2.24) is 30.0 Å². The third-order valence-electron chi connectivity index (χ3n) is 6.25. The minimum absolute atomic E-state index is 0.178. The first-order valence-corrected chi connectivity index (χ1v) is 12.6. The van der Waals surface area contributed by atoms with E-state index in [9.17, 15) is 9.90 Å². The zero-order valence-corrected chi connectivity index (χ0v) is 21.6. The van der Waals surface area contributed by atoms with E-state index in [4.69, 9.17) is 0 Å². The van der Waals surface area contributed by atoms with Gasteiger partial charge in [0.15, 0.2) is 0 Å². The number of nitrogens with one attached hydrogen (secondary N) is 3. The molecule has 194 valence electrons. The predicted molar refractivity (Wildman–Crippen MR) is 145 cm³/mol. The van der Waals surface area contributed by atoms with Crippen LogP contribution in [-0.4, -0.2) is 48.9 Å². The van der Waals surface area contributed by atoms with Crippen molar-refractivity contribution < 1.29 is 9.90 Å². The first-order valence-electron chi connectivity index (χ1n) is 12.6. The van der Waals surface area contributed by atoms with Gasteiger partial charge >= 0.3 is 0 Å². The van der Waals surface area contributed by atoms with Crippen molar-refractivity contribution in [3.8, 4) is 0 Å². The highest BCUT2D eigenvalue weighted by molar-refractivity contribution is 5.98. The van der Waals surface area contributed by atoms with Gasteiger partial charge in [-0.25, -0.2) is 9.97 Å². The summed E-state index contributed by atoms with van der Waals surface area (Å²) in [4.78, 5) is 26.5. The molecule has 1 amide bonds. The number of fused-ring (bicyclic) bond motifs is 1. The average molecular weight is 503 g/mol. The van der Waals surface area contributed by atoms with Crippen LogP contribution in [0, 0.1) is 5.92 Å². The Morgan fingerprint density at radius 2 is 1.86 bits per heavy atom. The number of aliphatic hydroxyl groups excluding tert-OH is 1. The molecule has 0 saturated heterocycles. The van der Waals surface area contributed by atoms with E-state index in [0.29, 0.717) is 29.7 Å². The quantitative estimate of drug-likeness (QED) is 0.236. The molecule has 0 fully saturated rings. The number of anilines is 3. The number of hydrogen-bond acceptors (Lipinski definition) is 8. The lowest BCUT2D eigenvalue weighted by atomic mass is 10.1. The summed E-state index contributed by atoms with van der Waals surface area (Å²) in [7, 11) is 0. The molecule has 4 N–H and O–H groups in total. The van der Waals surface area contributed by atoms with Crippen molar-refractivity contribution in [1.29, 1.82) is 0 Å². The summed E-state index contributed by atoms with van der Waals surface area (Å²) in [5, 5.41) is 24.8. The van der Waals surface area contributed by atoms with Crippen LogP contribution in [0.5, 0.6) is 0 Å². The molecule has 0 aliphatic rings. The average Bonchev–Trinajstić information content (AvgIpc) is 3.34. The van der Waals surface area contributed by atoms with E-state index in [-0.39, 0.29) is 24.5 Å². The van der Waals surface area contributed by atoms with Gasteiger partial charge in [-0.3, -0.25) is 9.48 Å². The summed E-state index contributed by atoms with van der Waals surface area (Å²) < 4.78 is 1.92. The van der Waals surface area contributed by atoms with Gasteiger partial charge in [-0.1, -0.05) is 50.6 Å². The lowest BCUT2D eigenvalue weighted by molar-refractivity contribution is 0.0948. The molecular formula is C27H34N8O2. The third kappa shape index (κ3) is 6.21. The SMILES string of the molecule is CCC(C)CNC(=O)c1cnc(Nc2cc3c(cn2)cnn3C(C)C)nc1NC(CO)c1ccccc1. The fourth-order valence-electron chi connectivity index (χ4n) is 3.84. The van der Waals surface area contributed by atoms with Crippen LogP contribution in [-0.2, 0) is 0 Å². The minimum atomic E-state index is -0.458. The number of amides is 1. The van der Waals surface area contributed by atoms with Crippen molar-refractivity contribution in [3.05, 3.63) is 66.1 Å². The number of carbonyl (C=O) groups is 1. The van der Waals surface area contributed by atoms with Crippen molar-refractivity contribution in [3.63, 3.8) is 0 Å². The molecule has 0 aliphatic heterocycles. The van der Waals surface area contributed by atoms with Crippen LogP contribution in [0.25, 0.3) is 10.9 Å². The molecule has 0 saturated carbocycles. The molecule has 2 unspecified atom stereocenters. The van der Waals surface area contributed by atoms with E-state index in [1.165, 1.54) is 6.20 Å². The molecular weight excluding hydrogens is 468 g/mol. The van der Waals surface area contributed by atoms with Gasteiger partial charge in [0.05, 0.1) is 24.4 Å². The monoisotopic (exact) mass is 502 g/mol. The van der Waals surface area contributed by atoms with E-state index >= 15 is 0 Å². The maximum absolute atomic E-state index is 13.0. The molecule has 0 bridgehead atoms. The summed E-state index contributed by atoms with van der Waals surface area (Å²) >= 11 is 0. The predicted octanol–water partition coefficient (Wildman–Crippen LogP) is 4.47. The Morgan fingerprint density at radius 3 is 2.57 bits per heavy atom. The van der Waals surface area contributed by atoms with Crippen LogP contribution in [0.15, 0.2) is 55.0 Å². The normalized spacial score (nSPS) is 12.9. The number of pyridine rings is 1. The Labute approximate surface area is 216 Å². The van der Waals surface area contributed by atoms with Gasteiger partial charge in [-0.05, 0) is 25.3 Å². The summed E-state index contributed by atoms with van der Waals surface area (Å²) in [5.41, 5.74) is 2.11. The van der Waals surface area contributed by atoms with Gasteiger partial charge in [0.1, 0.15) is 17.2 Å². The molecule has 37 heavy (non-hydrogen) atoms. The molecule has 0 radical (unpaired) electrons. The molecule has 4 aromatic rings. The van der Waals surface area contributed by atoms with Crippen LogP contribution in [0.4, 0.5) is 17.6 Å². The van der Waals surface area contributed by atoms with Crippen LogP contribution in [0.2, 0.25) is 0 Å². The van der Waals surface area contributed by atoms with E-state index in [0.717, 1.165) is 22.9 Å². The molecule has 3 aromatic heterocycles. The number of benzene rings is 1. The van der Waals surface area contributed by atoms with E-state index < -0.39 is 6.04 Å². The topological polar surface area (TPSA) is 130 Å². The fourth-order valence-corrected chi connectivity index (χ4v) is 3.84.